The second-order valence-corrected chi connectivity index (χ2v) is 14.4. The van der Waals surface area contributed by atoms with E-state index in [1.165, 1.54) is 0 Å². The van der Waals surface area contributed by atoms with E-state index in [-0.39, 0.29) is 0 Å². The fourth-order valence-electron chi connectivity index (χ4n) is 7.28. The minimum Gasteiger partial charge on any atom is -0.309 e. The van der Waals surface area contributed by atoms with Crippen molar-refractivity contribution in [2.75, 3.05) is 0 Å². The Bertz CT molecular complexity index is 2440. The van der Waals surface area contributed by atoms with Crippen LogP contribution in [0.3, 0.4) is 0 Å². The van der Waals surface area contributed by atoms with Crippen molar-refractivity contribution in [2.24, 2.45) is 0 Å². The molecular weight excluding hydrogens is 579 g/mol. The third-order valence-corrected chi connectivity index (χ3v) is 12.3. The van der Waals surface area contributed by atoms with Crippen LogP contribution >= 0.6 is 7.14 Å². The molecule has 46 heavy (non-hydrogen) atoms. The summed E-state index contributed by atoms with van der Waals surface area (Å²) in [6, 6.07) is 60.5. The molecule has 0 N–H and O–H groups in total. The first kappa shape index (κ1) is 26.7. The summed E-state index contributed by atoms with van der Waals surface area (Å²) in [6.45, 7) is 0. The van der Waals surface area contributed by atoms with Crippen LogP contribution in [0.15, 0.2) is 176 Å². The largest absolute Gasteiger partial charge is 0.309 e. The Labute approximate surface area is 267 Å². The van der Waals surface area contributed by atoms with E-state index in [4.69, 9.17) is 0 Å². The molecule has 2 aromatic heterocycles. The molecule has 0 amide bonds. The predicted octanol–water partition coefficient (Wildman–Crippen LogP) is 9.52. The van der Waals surface area contributed by atoms with Crippen molar-refractivity contribution in [2.45, 2.75) is 0 Å². The van der Waals surface area contributed by atoms with Crippen molar-refractivity contribution < 1.29 is 4.57 Å². The molecule has 0 fully saturated rings. The van der Waals surface area contributed by atoms with Gasteiger partial charge in [0.25, 0.3) is 0 Å². The lowest BCUT2D eigenvalue weighted by Gasteiger charge is -2.22. The van der Waals surface area contributed by atoms with Crippen LogP contribution in [0.5, 0.6) is 0 Å². The van der Waals surface area contributed by atoms with E-state index in [2.05, 4.69) is 143 Å². The molecule has 0 unspecified atom stereocenters. The molecule has 0 spiro atoms. The molecule has 9 aromatic rings. The van der Waals surface area contributed by atoms with Gasteiger partial charge >= 0.3 is 0 Å². The molecule has 2 heterocycles. The van der Waals surface area contributed by atoms with Gasteiger partial charge in [-0.15, -0.1) is 0 Å². The third-order valence-electron chi connectivity index (χ3n) is 9.18. The molecule has 3 nitrogen and oxygen atoms in total. The van der Waals surface area contributed by atoms with Crippen molar-refractivity contribution in [1.82, 2.24) is 9.13 Å². The zero-order valence-corrected chi connectivity index (χ0v) is 25.9. The van der Waals surface area contributed by atoms with Crippen LogP contribution in [0.1, 0.15) is 0 Å². The van der Waals surface area contributed by atoms with Crippen LogP contribution in [-0.4, -0.2) is 9.13 Å². The van der Waals surface area contributed by atoms with Gasteiger partial charge in [0.2, 0.25) is 0 Å². The normalized spacial score (nSPS) is 12.0. The summed E-state index contributed by atoms with van der Waals surface area (Å²) in [5, 5.41) is 6.76. The summed E-state index contributed by atoms with van der Waals surface area (Å²) in [4.78, 5) is 0. The lowest BCUT2D eigenvalue weighted by Crippen LogP contribution is -2.26. The number of nitrogens with zero attached hydrogens (tertiary/aromatic N) is 2. The summed E-state index contributed by atoms with van der Waals surface area (Å²) in [5.41, 5.74) is 6.42. The van der Waals surface area contributed by atoms with Crippen molar-refractivity contribution in [3.63, 3.8) is 0 Å². The average molecular weight is 609 g/mol. The minimum absolute atomic E-state index is 0.822. The van der Waals surface area contributed by atoms with Crippen molar-refractivity contribution in [3.8, 4) is 11.4 Å². The lowest BCUT2D eigenvalue weighted by atomic mass is 10.1. The minimum atomic E-state index is -3.46. The molecule has 0 aliphatic rings. The van der Waals surface area contributed by atoms with Gasteiger partial charge in [-0.3, -0.25) is 0 Å². The average Bonchev–Trinajstić information content (AvgIpc) is 3.66. The monoisotopic (exact) mass is 608 g/mol. The van der Waals surface area contributed by atoms with Gasteiger partial charge in [-0.05, 0) is 48.5 Å². The molecule has 4 heteroatoms. The highest BCUT2D eigenvalue weighted by molar-refractivity contribution is 7.86. The van der Waals surface area contributed by atoms with E-state index in [0.717, 1.165) is 70.9 Å². The van der Waals surface area contributed by atoms with Crippen molar-refractivity contribution >= 4 is 66.7 Å². The molecular formula is C42H29N2OP. The standard InChI is InChI=1S/C42H29N2OP/c45-46(32-20-8-3-9-21-32,39-28-14-26-37-41(39)33-22-10-12-24-35(33)43(37)30-16-4-1-5-17-30)40-29-15-27-38-42(40)34-23-11-13-25-36(34)44(38)31-18-6-2-7-19-31/h1-29H. The lowest BCUT2D eigenvalue weighted by molar-refractivity contribution is 0.593. The number of aromatic nitrogens is 2. The molecule has 0 atom stereocenters. The van der Waals surface area contributed by atoms with E-state index >= 15 is 4.57 Å². The Balaban J connectivity index is 1.45. The first-order chi connectivity index (χ1) is 22.7. The van der Waals surface area contributed by atoms with Gasteiger partial charge in [0.1, 0.15) is 0 Å². The highest BCUT2D eigenvalue weighted by Gasteiger charge is 2.35. The molecule has 218 valence electrons. The Morgan fingerprint density at radius 2 is 0.717 bits per heavy atom. The maximum Gasteiger partial charge on any atom is 0.172 e. The molecule has 7 aromatic carbocycles. The van der Waals surface area contributed by atoms with Crippen LogP contribution in [-0.2, 0) is 4.57 Å². The summed E-state index contributed by atoms with van der Waals surface area (Å²) in [6.07, 6.45) is 0. The van der Waals surface area contributed by atoms with Gasteiger partial charge < -0.3 is 13.7 Å². The van der Waals surface area contributed by atoms with E-state index in [9.17, 15) is 0 Å². The number of hydrogen-bond acceptors (Lipinski definition) is 1. The van der Waals surface area contributed by atoms with Crippen LogP contribution in [0.25, 0.3) is 55.0 Å². The number of para-hydroxylation sites is 4. The maximum atomic E-state index is 16.6. The van der Waals surface area contributed by atoms with Gasteiger partial charge in [-0.2, -0.15) is 0 Å². The fourth-order valence-corrected chi connectivity index (χ4v) is 10.4. The number of fused-ring (bicyclic) bond motifs is 6. The quantitative estimate of drug-likeness (QED) is 0.179. The first-order valence-electron chi connectivity index (χ1n) is 15.6. The third kappa shape index (κ3) is 3.82. The van der Waals surface area contributed by atoms with Gasteiger partial charge in [-0.25, -0.2) is 0 Å². The second-order valence-electron chi connectivity index (χ2n) is 11.7. The van der Waals surface area contributed by atoms with Crippen LogP contribution in [0.2, 0.25) is 0 Å². The van der Waals surface area contributed by atoms with Gasteiger partial charge in [0, 0.05) is 48.8 Å². The number of hydrogen-bond donors (Lipinski definition) is 0. The van der Waals surface area contributed by atoms with Gasteiger partial charge in [-0.1, -0.05) is 127 Å². The highest BCUT2D eigenvalue weighted by Crippen LogP contribution is 2.49. The smallest absolute Gasteiger partial charge is 0.172 e. The van der Waals surface area contributed by atoms with Crippen LogP contribution in [0, 0.1) is 0 Å². The molecule has 0 radical (unpaired) electrons. The van der Waals surface area contributed by atoms with E-state index in [0.29, 0.717) is 0 Å². The molecule has 0 saturated heterocycles. The summed E-state index contributed by atoms with van der Waals surface area (Å²) >= 11 is 0. The molecule has 0 bridgehead atoms. The molecule has 9 rings (SSSR count). The van der Waals surface area contributed by atoms with Gasteiger partial charge in [0.05, 0.1) is 22.1 Å². The molecule has 0 aliphatic carbocycles. The van der Waals surface area contributed by atoms with Crippen LogP contribution in [0.4, 0.5) is 0 Å². The van der Waals surface area contributed by atoms with Crippen molar-refractivity contribution in [1.29, 1.82) is 0 Å². The van der Waals surface area contributed by atoms with E-state index in [1.807, 2.05) is 42.5 Å². The fraction of sp³-hybridized carbons (Fsp3) is 0. The zero-order chi connectivity index (χ0) is 30.7. The summed E-state index contributed by atoms with van der Waals surface area (Å²) in [5.74, 6) is 0. The summed E-state index contributed by atoms with van der Waals surface area (Å²) < 4.78 is 21.2. The summed E-state index contributed by atoms with van der Waals surface area (Å²) in [7, 11) is -3.46. The Morgan fingerprint density at radius 1 is 0.348 bits per heavy atom. The molecule has 0 saturated carbocycles. The number of rotatable bonds is 5. The topological polar surface area (TPSA) is 26.9 Å². The van der Waals surface area contributed by atoms with Crippen LogP contribution < -0.4 is 15.9 Å². The predicted molar refractivity (Wildman–Crippen MR) is 195 cm³/mol. The Kier molecular flexibility index (Phi) is 6.09. The maximum absolute atomic E-state index is 16.6. The highest BCUT2D eigenvalue weighted by atomic mass is 31.2. The Hall–Kier alpha value is -5.63. The molecule has 0 aliphatic heterocycles. The number of benzene rings is 7. The first-order valence-corrected chi connectivity index (χ1v) is 17.3. The van der Waals surface area contributed by atoms with Crippen molar-refractivity contribution in [3.05, 3.63) is 176 Å². The van der Waals surface area contributed by atoms with Gasteiger partial charge in [0.15, 0.2) is 7.14 Å². The zero-order valence-electron chi connectivity index (χ0n) is 25.0. The van der Waals surface area contributed by atoms with E-state index in [1.54, 1.807) is 0 Å². The SMILES string of the molecule is O=P(c1ccccc1)(c1cccc2c1c1ccccc1n2-c1ccccc1)c1cccc2c1c1ccccc1n2-c1ccccc1. The van der Waals surface area contributed by atoms with E-state index < -0.39 is 7.14 Å². The second kappa shape index (κ2) is 10.5. The Morgan fingerprint density at radius 3 is 1.17 bits per heavy atom.